The Hall–Kier alpha value is -2.20. The molecular weight excluding hydrogens is 260 g/mol. The van der Waals surface area contributed by atoms with Crippen LogP contribution < -0.4 is 5.73 Å². The van der Waals surface area contributed by atoms with Gasteiger partial charge < -0.3 is 5.73 Å². The van der Waals surface area contributed by atoms with E-state index in [-0.39, 0.29) is 0 Å². The molecule has 4 heteroatoms. The molecule has 0 aliphatic heterocycles. The Balaban J connectivity index is 1.72. The first kappa shape index (κ1) is 13.8. The monoisotopic (exact) mass is 280 g/mol. The molecule has 0 saturated heterocycles. The van der Waals surface area contributed by atoms with E-state index in [0.717, 1.165) is 31.5 Å². The molecule has 108 valence electrons. The van der Waals surface area contributed by atoms with Crippen molar-refractivity contribution < 1.29 is 0 Å². The summed E-state index contributed by atoms with van der Waals surface area (Å²) >= 11 is 0. The summed E-state index contributed by atoms with van der Waals surface area (Å²) in [6.45, 7) is 1.73. The molecule has 0 unspecified atom stereocenters. The Kier molecular flexibility index (Phi) is 3.97. The van der Waals surface area contributed by atoms with E-state index in [4.69, 9.17) is 5.73 Å². The van der Waals surface area contributed by atoms with Crippen LogP contribution in [0.5, 0.6) is 0 Å². The molecule has 0 atom stereocenters. The normalized spacial score (nSPS) is 13.4. The Morgan fingerprint density at radius 2 is 2.00 bits per heavy atom. The van der Waals surface area contributed by atoms with Crippen molar-refractivity contribution in [2.24, 2.45) is 0 Å². The third kappa shape index (κ3) is 3.28. The predicted octanol–water partition coefficient (Wildman–Crippen LogP) is 2.65. The van der Waals surface area contributed by atoms with Gasteiger partial charge >= 0.3 is 0 Å². The van der Waals surface area contributed by atoms with Crippen LogP contribution in [0.2, 0.25) is 0 Å². The lowest BCUT2D eigenvalue weighted by Crippen LogP contribution is -2.18. The predicted molar refractivity (Wildman–Crippen MR) is 85.4 cm³/mol. The van der Waals surface area contributed by atoms with Gasteiger partial charge in [0.15, 0.2) is 0 Å². The van der Waals surface area contributed by atoms with Crippen LogP contribution in [0, 0.1) is 0 Å². The number of nitrogen functional groups attached to an aromatic ring is 1. The molecule has 0 fully saturated rings. The van der Waals surface area contributed by atoms with Gasteiger partial charge in [-0.1, -0.05) is 30.4 Å². The molecule has 3 rings (SSSR count). The van der Waals surface area contributed by atoms with Gasteiger partial charge in [-0.15, -0.1) is 0 Å². The Morgan fingerprint density at radius 3 is 2.81 bits per heavy atom. The quantitative estimate of drug-likeness (QED) is 0.935. The number of benzene rings is 1. The molecule has 0 saturated carbocycles. The van der Waals surface area contributed by atoms with Crippen molar-refractivity contribution in [3.63, 3.8) is 0 Å². The van der Waals surface area contributed by atoms with E-state index >= 15 is 0 Å². The fourth-order valence-electron chi connectivity index (χ4n) is 2.78. The third-order valence-corrected chi connectivity index (χ3v) is 3.77. The summed E-state index contributed by atoms with van der Waals surface area (Å²) in [5.41, 5.74) is 10.8. The van der Waals surface area contributed by atoms with Crippen LogP contribution in [-0.2, 0) is 19.5 Å². The van der Waals surface area contributed by atoms with Crippen LogP contribution in [0.1, 0.15) is 28.7 Å². The molecule has 1 aromatic carbocycles. The summed E-state index contributed by atoms with van der Waals surface area (Å²) in [5.74, 6) is 0.323. The number of anilines is 1. The molecule has 1 aliphatic rings. The molecule has 0 bridgehead atoms. The van der Waals surface area contributed by atoms with E-state index in [1.54, 1.807) is 12.4 Å². The minimum atomic E-state index is 0.323. The molecule has 4 nitrogen and oxygen atoms in total. The first-order chi connectivity index (χ1) is 10.2. The van der Waals surface area contributed by atoms with Gasteiger partial charge in [0.25, 0.3) is 0 Å². The van der Waals surface area contributed by atoms with Crippen LogP contribution in [0.25, 0.3) is 6.08 Å². The maximum atomic E-state index is 5.51. The van der Waals surface area contributed by atoms with Crippen LogP contribution >= 0.6 is 0 Å². The van der Waals surface area contributed by atoms with Crippen molar-refractivity contribution in [2.75, 3.05) is 12.8 Å². The van der Waals surface area contributed by atoms with E-state index in [2.05, 4.69) is 52.3 Å². The van der Waals surface area contributed by atoms with E-state index in [9.17, 15) is 0 Å². The number of hydrogen-bond acceptors (Lipinski definition) is 4. The maximum absolute atomic E-state index is 5.51. The molecule has 0 spiro atoms. The fourth-order valence-corrected chi connectivity index (χ4v) is 2.78. The fraction of sp³-hybridized carbons (Fsp3) is 0.294. The molecular formula is C17H20N4. The number of rotatable bonds is 4. The second-order valence-electron chi connectivity index (χ2n) is 5.55. The van der Waals surface area contributed by atoms with Gasteiger partial charge in [-0.05, 0) is 36.6 Å². The molecule has 2 N–H and O–H groups in total. The lowest BCUT2D eigenvalue weighted by Gasteiger charge is -2.20. The van der Waals surface area contributed by atoms with E-state index < -0.39 is 0 Å². The largest absolute Gasteiger partial charge is 0.368 e. The van der Waals surface area contributed by atoms with Crippen LogP contribution in [0.3, 0.4) is 0 Å². The highest BCUT2D eigenvalue weighted by Crippen LogP contribution is 2.24. The number of nitrogens with zero attached hydrogens (tertiary/aromatic N) is 3. The van der Waals surface area contributed by atoms with E-state index in [0.29, 0.717) is 5.95 Å². The first-order valence-corrected chi connectivity index (χ1v) is 7.24. The molecule has 0 radical (unpaired) electrons. The Bertz CT molecular complexity index is 646. The smallest absolute Gasteiger partial charge is 0.219 e. The minimum Gasteiger partial charge on any atom is -0.368 e. The Labute approximate surface area is 125 Å². The number of aromatic nitrogens is 2. The van der Waals surface area contributed by atoms with Crippen molar-refractivity contribution in [3.05, 3.63) is 58.9 Å². The summed E-state index contributed by atoms with van der Waals surface area (Å²) < 4.78 is 0. The highest BCUT2D eigenvalue weighted by Gasteiger charge is 2.11. The number of nitrogens with two attached hydrogens (primary N) is 1. The zero-order valence-corrected chi connectivity index (χ0v) is 12.3. The SMILES string of the molecule is CN(Cc1cnc(N)nc1)Cc1cccc2c1C=CCC2. The van der Waals surface area contributed by atoms with Gasteiger partial charge in [0, 0.05) is 31.0 Å². The zero-order valence-electron chi connectivity index (χ0n) is 12.3. The van der Waals surface area contributed by atoms with Gasteiger partial charge in [-0.2, -0.15) is 0 Å². The van der Waals surface area contributed by atoms with E-state index in [1.807, 2.05) is 0 Å². The summed E-state index contributed by atoms with van der Waals surface area (Å²) in [6.07, 6.45) is 10.4. The van der Waals surface area contributed by atoms with Crippen molar-refractivity contribution in [2.45, 2.75) is 25.9 Å². The van der Waals surface area contributed by atoms with Crippen LogP contribution in [0.4, 0.5) is 5.95 Å². The van der Waals surface area contributed by atoms with Crippen molar-refractivity contribution in [1.82, 2.24) is 14.9 Å². The highest BCUT2D eigenvalue weighted by molar-refractivity contribution is 5.60. The lowest BCUT2D eigenvalue weighted by molar-refractivity contribution is 0.318. The van der Waals surface area contributed by atoms with Gasteiger partial charge in [-0.25, -0.2) is 9.97 Å². The first-order valence-electron chi connectivity index (χ1n) is 7.24. The van der Waals surface area contributed by atoms with Crippen LogP contribution in [0.15, 0.2) is 36.7 Å². The van der Waals surface area contributed by atoms with Gasteiger partial charge in [0.2, 0.25) is 5.95 Å². The zero-order chi connectivity index (χ0) is 14.7. The minimum absolute atomic E-state index is 0.323. The summed E-state index contributed by atoms with van der Waals surface area (Å²) in [4.78, 5) is 10.3. The summed E-state index contributed by atoms with van der Waals surface area (Å²) in [5, 5.41) is 0. The number of fused-ring (bicyclic) bond motifs is 1. The standard InChI is InChI=1S/C17H20N4/c1-21(11-13-9-19-17(18)20-10-13)12-15-7-4-6-14-5-2-3-8-16(14)15/h3-4,6-10H,2,5,11-12H2,1H3,(H2,18,19,20). The molecule has 0 amide bonds. The third-order valence-electron chi connectivity index (χ3n) is 3.77. The maximum Gasteiger partial charge on any atom is 0.219 e. The number of hydrogen-bond donors (Lipinski definition) is 1. The lowest BCUT2D eigenvalue weighted by atomic mass is 9.93. The molecule has 2 aromatic rings. The summed E-state index contributed by atoms with van der Waals surface area (Å²) in [6, 6.07) is 6.61. The van der Waals surface area contributed by atoms with Crippen molar-refractivity contribution in [1.29, 1.82) is 0 Å². The topological polar surface area (TPSA) is 55.0 Å². The van der Waals surface area contributed by atoms with E-state index in [1.165, 1.54) is 16.7 Å². The van der Waals surface area contributed by atoms with Crippen molar-refractivity contribution in [3.8, 4) is 0 Å². The molecule has 1 heterocycles. The van der Waals surface area contributed by atoms with Gasteiger partial charge in [0.1, 0.15) is 0 Å². The molecule has 1 aromatic heterocycles. The highest BCUT2D eigenvalue weighted by atomic mass is 15.1. The van der Waals surface area contributed by atoms with Gasteiger partial charge in [-0.3, -0.25) is 4.90 Å². The molecule has 21 heavy (non-hydrogen) atoms. The number of aryl methyl sites for hydroxylation is 1. The van der Waals surface area contributed by atoms with Gasteiger partial charge in [0.05, 0.1) is 0 Å². The average Bonchev–Trinajstić information content (AvgIpc) is 2.50. The van der Waals surface area contributed by atoms with Crippen molar-refractivity contribution >= 4 is 12.0 Å². The van der Waals surface area contributed by atoms with Crippen LogP contribution in [-0.4, -0.2) is 21.9 Å². The second kappa shape index (κ2) is 6.06. The summed E-state index contributed by atoms with van der Waals surface area (Å²) in [7, 11) is 2.11. The Morgan fingerprint density at radius 1 is 1.19 bits per heavy atom. The number of allylic oxidation sites excluding steroid dienone is 1. The molecule has 1 aliphatic carbocycles. The second-order valence-corrected chi connectivity index (χ2v) is 5.55. The average molecular weight is 280 g/mol.